The molecule has 1 amide bonds. The average Bonchev–Trinajstić information content (AvgIpc) is 2.69. The Morgan fingerprint density at radius 3 is 2.78 bits per heavy atom. The lowest BCUT2D eigenvalue weighted by Gasteiger charge is -2.16. The standard InChI is InChI=1S/C11H12FN3O3/c1-13-10-2-3-14(11(10)16)8-4-7(12)5-9(6-8)15(17)18/h4-6,10,13H,2-3H2,1H3. The Kier molecular flexibility index (Phi) is 3.24. The fourth-order valence-electron chi connectivity index (χ4n) is 2.02. The Labute approximate surface area is 103 Å². The topological polar surface area (TPSA) is 75.5 Å². The number of nitro benzene ring substituents is 1. The second-order valence-electron chi connectivity index (χ2n) is 4.04. The van der Waals surface area contributed by atoms with Gasteiger partial charge in [0.15, 0.2) is 0 Å². The number of anilines is 1. The Hall–Kier alpha value is -2.02. The molecule has 2 rings (SSSR count). The second-order valence-corrected chi connectivity index (χ2v) is 4.04. The molecule has 0 saturated carbocycles. The van der Waals surface area contributed by atoms with Crippen LogP contribution in [0, 0.1) is 15.9 Å². The Morgan fingerprint density at radius 2 is 2.22 bits per heavy atom. The molecule has 1 aliphatic heterocycles. The maximum Gasteiger partial charge on any atom is 0.274 e. The van der Waals surface area contributed by atoms with Crippen molar-refractivity contribution in [1.29, 1.82) is 0 Å². The molecule has 1 aromatic rings. The van der Waals surface area contributed by atoms with Gasteiger partial charge in [-0.25, -0.2) is 4.39 Å². The zero-order valence-electron chi connectivity index (χ0n) is 9.72. The molecule has 18 heavy (non-hydrogen) atoms. The van der Waals surface area contributed by atoms with Crippen LogP contribution < -0.4 is 10.2 Å². The summed E-state index contributed by atoms with van der Waals surface area (Å²) in [4.78, 5) is 23.2. The minimum atomic E-state index is -0.722. The molecule has 96 valence electrons. The molecule has 1 atom stereocenters. The summed E-state index contributed by atoms with van der Waals surface area (Å²) in [7, 11) is 1.67. The number of non-ortho nitro benzene ring substituents is 1. The highest BCUT2D eigenvalue weighted by Crippen LogP contribution is 2.26. The average molecular weight is 253 g/mol. The molecular formula is C11H12FN3O3. The van der Waals surface area contributed by atoms with Gasteiger partial charge in [0.1, 0.15) is 5.82 Å². The predicted molar refractivity (Wildman–Crippen MR) is 62.9 cm³/mol. The number of halogens is 1. The minimum absolute atomic E-state index is 0.197. The van der Waals surface area contributed by atoms with E-state index in [-0.39, 0.29) is 23.3 Å². The number of carbonyl (C=O) groups excluding carboxylic acids is 1. The molecule has 1 unspecified atom stereocenters. The van der Waals surface area contributed by atoms with Crippen LogP contribution in [0.3, 0.4) is 0 Å². The first kappa shape index (κ1) is 12.4. The van der Waals surface area contributed by atoms with Crippen LogP contribution in [-0.4, -0.2) is 30.5 Å². The highest BCUT2D eigenvalue weighted by Gasteiger charge is 2.32. The van der Waals surface area contributed by atoms with Gasteiger partial charge in [0.25, 0.3) is 5.69 Å². The van der Waals surface area contributed by atoms with E-state index in [1.807, 2.05) is 0 Å². The third kappa shape index (κ3) is 2.17. The molecule has 7 heteroatoms. The van der Waals surface area contributed by atoms with E-state index < -0.39 is 10.7 Å². The largest absolute Gasteiger partial charge is 0.311 e. The molecule has 0 radical (unpaired) electrons. The summed E-state index contributed by atoms with van der Waals surface area (Å²) in [6, 6.07) is 2.86. The maximum atomic E-state index is 13.3. The van der Waals surface area contributed by atoms with Crippen molar-refractivity contribution in [2.45, 2.75) is 12.5 Å². The molecule has 1 saturated heterocycles. The van der Waals surface area contributed by atoms with Crippen molar-refractivity contribution >= 4 is 17.3 Å². The smallest absolute Gasteiger partial charge is 0.274 e. The summed E-state index contributed by atoms with van der Waals surface area (Å²) in [5, 5.41) is 13.5. The lowest BCUT2D eigenvalue weighted by molar-refractivity contribution is -0.385. The molecule has 0 aromatic heterocycles. The number of nitrogens with zero attached hydrogens (tertiary/aromatic N) is 2. The van der Waals surface area contributed by atoms with Gasteiger partial charge < -0.3 is 10.2 Å². The third-order valence-corrected chi connectivity index (χ3v) is 2.94. The fraction of sp³-hybridized carbons (Fsp3) is 0.364. The number of nitro groups is 1. The van der Waals surface area contributed by atoms with E-state index in [9.17, 15) is 19.3 Å². The van der Waals surface area contributed by atoms with E-state index in [0.717, 1.165) is 12.1 Å². The van der Waals surface area contributed by atoms with Gasteiger partial charge in [0.2, 0.25) is 5.91 Å². The van der Waals surface area contributed by atoms with Crippen molar-refractivity contribution in [3.63, 3.8) is 0 Å². The highest BCUT2D eigenvalue weighted by molar-refractivity contribution is 5.99. The summed E-state index contributed by atoms with van der Waals surface area (Å²) < 4.78 is 13.3. The zero-order chi connectivity index (χ0) is 13.3. The first-order chi connectivity index (χ1) is 8.52. The van der Waals surface area contributed by atoms with Crippen LogP contribution in [-0.2, 0) is 4.79 Å². The van der Waals surface area contributed by atoms with E-state index in [4.69, 9.17) is 0 Å². The second kappa shape index (κ2) is 4.69. The van der Waals surface area contributed by atoms with Gasteiger partial charge in [-0.05, 0) is 19.5 Å². The quantitative estimate of drug-likeness (QED) is 0.645. The zero-order valence-corrected chi connectivity index (χ0v) is 9.72. The van der Waals surface area contributed by atoms with Crippen molar-refractivity contribution in [1.82, 2.24) is 5.32 Å². The number of carbonyl (C=O) groups is 1. The first-order valence-corrected chi connectivity index (χ1v) is 5.46. The SMILES string of the molecule is CNC1CCN(c2cc(F)cc([N+](=O)[O-])c2)C1=O. The number of nitrogens with one attached hydrogen (secondary N) is 1. The van der Waals surface area contributed by atoms with Gasteiger partial charge in [0, 0.05) is 12.6 Å². The molecule has 0 aliphatic carbocycles. The maximum absolute atomic E-state index is 13.3. The molecule has 1 fully saturated rings. The molecule has 1 N–H and O–H groups in total. The van der Waals surface area contributed by atoms with Crippen LogP contribution >= 0.6 is 0 Å². The normalized spacial score (nSPS) is 19.3. The van der Waals surface area contributed by atoms with E-state index >= 15 is 0 Å². The number of hydrogen-bond acceptors (Lipinski definition) is 4. The van der Waals surface area contributed by atoms with Gasteiger partial charge >= 0.3 is 0 Å². The van der Waals surface area contributed by atoms with Crippen LogP contribution in [0.4, 0.5) is 15.8 Å². The lowest BCUT2D eigenvalue weighted by Crippen LogP contribution is -2.36. The summed E-state index contributed by atoms with van der Waals surface area (Å²) in [5.41, 5.74) is -0.129. The van der Waals surface area contributed by atoms with E-state index in [2.05, 4.69) is 5.32 Å². The van der Waals surface area contributed by atoms with Crippen LogP contribution in [0.15, 0.2) is 18.2 Å². The van der Waals surface area contributed by atoms with Gasteiger partial charge in [0.05, 0.1) is 22.7 Å². The van der Waals surface area contributed by atoms with Crippen molar-refractivity contribution in [3.05, 3.63) is 34.1 Å². The lowest BCUT2D eigenvalue weighted by atomic mass is 10.2. The van der Waals surface area contributed by atoms with Crippen molar-refractivity contribution < 1.29 is 14.1 Å². The van der Waals surface area contributed by atoms with E-state index in [1.165, 1.54) is 11.0 Å². The Balaban J connectivity index is 2.34. The molecular weight excluding hydrogens is 241 g/mol. The van der Waals surface area contributed by atoms with Gasteiger partial charge in [-0.3, -0.25) is 14.9 Å². The van der Waals surface area contributed by atoms with E-state index in [1.54, 1.807) is 7.05 Å². The number of amides is 1. The van der Waals surface area contributed by atoms with Gasteiger partial charge in [-0.15, -0.1) is 0 Å². The molecule has 6 nitrogen and oxygen atoms in total. The number of benzene rings is 1. The van der Waals surface area contributed by atoms with E-state index in [0.29, 0.717) is 13.0 Å². The summed E-state index contributed by atoms with van der Waals surface area (Å²) in [5.74, 6) is -0.919. The predicted octanol–water partition coefficient (Wildman–Crippen LogP) is 1.06. The van der Waals surface area contributed by atoms with Crippen LogP contribution in [0.5, 0.6) is 0 Å². The van der Waals surface area contributed by atoms with Gasteiger partial charge in [-0.1, -0.05) is 0 Å². The van der Waals surface area contributed by atoms with Crippen LogP contribution in [0.1, 0.15) is 6.42 Å². The number of rotatable bonds is 3. The summed E-state index contributed by atoms with van der Waals surface area (Å²) >= 11 is 0. The summed E-state index contributed by atoms with van der Waals surface area (Å²) in [6.07, 6.45) is 0.597. The molecule has 1 aromatic carbocycles. The molecule has 0 bridgehead atoms. The van der Waals surface area contributed by atoms with Crippen LogP contribution in [0.25, 0.3) is 0 Å². The first-order valence-electron chi connectivity index (χ1n) is 5.46. The van der Waals surface area contributed by atoms with Crippen molar-refractivity contribution in [3.8, 4) is 0 Å². The summed E-state index contributed by atoms with van der Waals surface area (Å²) in [6.45, 7) is 0.422. The Bertz CT molecular complexity index is 506. The minimum Gasteiger partial charge on any atom is -0.311 e. The molecule has 1 aliphatic rings. The third-order valence-electron chi connectivity index (χ3n) is 2.94. The Morgan fingerprint density at radius 1 is 1.50 bits per heavy atom. The molecule has 0 spiro atoms. The van der Waals surface area contributed by atoms with Crippen molar-refractivity contribution in [2.75, 3.05) is 18.5 Å². The number of hydrogen-bond donors (Lipinski definition) is 1. The van der Waals surface area contributed by atoms with Crippen molar-refractivity contribution in [2.24, 2.45) is 0 Å². The fourth-order valence-corrected chi connectivity index (χ4v) is 2.02. The van der Waals surface area contributed by atoms with Gasteiger partial charge in [-0.2, -0.15) is 0 Å². The number of likely N-dealkylation sites (N-methyl/N-ethyl adjacent to an activating group) is 1. The molecule has 1 heterocycles. The highest BCUT2D eigenvalue weighted by atomic mass is 19.1. The monoisotopic (exact) mass is 253 g/mol. The van der Waals surface area contributed by atoms with Crippen LogP contribution in [0.2, 0.25) is 0 Å².